The SMILES string of the molecule is OCC1(N2CCNCC2)CCCCc2ccccc21. The Morgan fingerprint density at radius 2 is 1.95 bits per heavy atom. The Hall–Kier alpha value is -0.900. The summed E-state index contributed by atoms with van der Waals surface area (Å²) in [7, 11) is 0. The highest BCUT2D eigenvalue weighted by Crippen LogP contribution is 2.39. The van der Waals surface area contributed by atoms with Gasteiger partial charge in [-0.3, -0.25) is 4.90 Å². The van der Waals surface area contributed by atoms with Crippen molar-refractivity contribution < 1.29 is 5.11 Å². The molecular formula is C16H24N2O. The molecule has 104 valence electrons. The minimum Gasteiger partial charge on any atom is -0.394 e. The molecule has 2 N–H and O–H groups in total. The Bertz CT molecular complexity index is 429. The van der Waals surface area contributed by atoms with Gasteiger partial charge in [-0.2, -0.15) is 0 Å². The summed E-state index contributed by atoms with van der Waals surface area (Å²) in [5.41, 5.74) is 2.67. The first-order chi connectivity index (χ1) is 9.37. The highest BCUT2D eigenvalue weighted by atomic mass is 16.3. The van der Waals surface area contributed by atoms with Crippen molar-refractivity contribution in [3.8, 4) is 0 Å². The van der Waals surface area contributed by atoms with Crippen LogP contribution in [0.5, 0.6) is 0 Å². The largest absolute Gasteiger partial charge is 0.394 e. The van der Waals surface area contributed by atoms with E-state index < -0.39 is 0 Å². The molecular weight excluding hydrogens is 236 g/mol. The lowest BCUT2D eigenvalue weighted by Gasteiger charge is -2.45. The van der Waals surface area contributed by atoms with Crippen molar-refractivity contribution >= 4 is 0 Å². The van der Waals surface area contributed by atoms with Crippen LogP contribution in [0.25, 0.3) is 0 Å². The Kier molecular flexibility index (Phi) is 3.87. The number of hydrogen-bond donors (Lipinski definition) is 2. The molecule has 0 aromatic heterocycles. The molecule has 19 heavy (non-hydrogen) atoms. The molecule has 1 heterocycles. The van der Waals surface area contributed by atoms with Gasteiger partial charge in [0.25, 0.3) is 0 Å². The van der Waals surface area contributed by atoms with Crippen LogP contribution in [-0.4, -0.2) is 42.8 Å². The lowest BCUT2D eigenvalue weighted by atomic mass is 9.83. The fraction of sp³-hybridized carbons (Fsp3) is 0.625. The smallest absolute Gasteiger partial charge is 0.0697 e. The quantitative estimate of drug-likeness (QED) is 0.791. The van der Waals surface area contributed by atoms with Crippen LogP contribution in [0.2, 0.25) is 0 Å². The van der Waals surface area contributed by atoms with E-state index in [-0.39, 0.29) is 12.1 Å². The number of aliphatic hydroxyl groups excluding tert-OH is 1. The van der Waals surface area contributed by atoms with Gasteiger partial charge in [0.05, 0.1) is 12.1 Å². The van der Waals surface area contributed by atoms with E-state index in [4.69, 9.17) is 0 Å². The summed E-state index contributed by atoms with van der Waals surface area (Å²) in [5, 5.41) is 13.6. The van der Waals surface area contributed by atoms with Gasteiger partial charge >= 0.3 is 0 Å². The fourth-order valence-corrected chi connectivity index (χ4v) is 3.75. The van der Waals surface area contributed by atoms with Crippen molar-refractivity contribution in [2.45, 2.75) is 31.2 Å². The van der Waals surface area contributed by atoms with E-state index >= 15 is 0 Å². The number of benzene rings is 1. The maximum atomic E-state index is 10.2. The average Bonchev–Trinajstić information content (AvgIpc) is 2.68. The molecule has 1 aromatic rings. The molecule has 2 aliphatic rings. The average molecular weight is 260 g/mol. The zero-order valence-corrected chi connectivity index (χ0v) is 11.6. The van der Waals surface area contributed by atoms with Crippen LogP contribution in [0, 0.1) is 0 Å². The van der Waals surface area contributed by atoms with Crippen LogP contribution >= 0.6 is 0 Å². The molecule has 1 saturated heterocycles. The Balaban J connectivity index is 2.03. The van der Waals surface area contributed by atoms with Gasteiger partial charge in [-0.15, -0.1) is 0 Å². The first-order valence-electron chi connectivity index (χ1n) is 7.52. The van der Waals surface area contributed by atoms with E-state index in [2.05, 4.69) is 34.5 Å². The van der Waals surface area contributed by atoms with E-state index in [1.165, 1.54) is 24.0 Å². The molecule has 1 aliphatic carbocycles. The van der Waals surface area contributed by atoms with Gasteiger partial charge in [0.2, 0.25) is 0 Å². The summed E-state index contributed by atoms with van der Waals surface area (Å²) in [5.74, 6) is 0. The molecule has 3 nitrogen and oxygen atoms in total. The molecule has 0 amide bonds. The summed E-state index contributed by atoms with van der Waals surface area (Å²) in [4.78, 5) is 2.51. The van der Waals surface area contributed by atoms with Crippen molar-refractivity contribution in [1.82, 2.24) is 10.2 Å². The van der Waals surface area contributed by atoms with Gasteiger partial charge in [-0.05, 0) is 30.4 Å². The number of aliphatic hydroxyl groups is 1. The van der Waals surface area contributed by atoms with E-state index in [1.54, 1.807) is 0 Å². The molecule has 3 rings (SSSR count). The molecule has 1 aromatic carbocycles. The van der Waals surface area contributed by atoms with E-state index in [1.807, 2.05) is 0 Å². The molecule has 3 heteroatoms. The molecule has 0 saturated carbocycles. The van der Waals surface area contributed by atoms with Gasteiger partial charge in [-0.1, -0.05) is 30.7 Å². The zero-order chi connectivity index (χ0) is 13.1. The molecule has 0 bridgehead atoms. The Morgan fingerprint density at radius 1 is 1.16 bits per heavy atom. The third-order valence-corrected chi connectivity index (χ3v) is 4.79. The van der Waals surface area contributed by atoms with Crippen LogP contribution in [0.3, 0.4) is 0 Å². The third kappa shape index (κ3) is 2.31. The van der Waals surface area contributed by atoms with Gasteiger partial charge < -0.3 is 10.4 Å². The number of fused-ring (bicyclic) bond motifs is 1. The van der Waals surface area contributed by atoms with Gasteiger partial charge in [0.1, 0.15) is 0 Å². The highest BCUT2D eigenvalue weighted by molar-refractivity contribution is 5.35. The summed E-state index contributed by atoms with van der Waals surface area (Å²) in [6.07, 6.45) is 4.69. The van der Waals surface area contributed by atoms with Crippen molar-refractivity contribution in [3.05, 3.63) is 35.4 Å². The predicted molar refractivity (Wildman–Crippen MR) is 77.2 cm³/mol. The minimum atomic E-state index is -0.144. The molecule has 1 unspecified atom stereocenters. The lowest BCUT2D eigenvalue weighted by molar-refractivity contribution is 0.00986. The third-order valence-electron chi connectivity index (χ3n) is 4.79. The maximum Gasteiger partial charge on any atom is 0.0697 e. The molecule has 0 radical (unpaired) electrons. The van der Waals surface area contributed by atoms with Crippen LogP contribution in [-0.2, 0) is 12.0 Å². The number of nitrogens with one attached hydrogen (secondary N) is 1. The number of rotatable bonds is 2. The minimum absolute atomic E-state index is 0.144. The number of aryl methyl sites for hydroxylation is 1. The second-order valence-electron chi connectivity index (χ2n) is 5.79. The van der Waals surface area contributed by atoms with Crippen LogP contribution in [0.15, 0.2) is 24.3 Å². The Labute approximate surface area is 115 Å². The number of hydrogen-bond acceptors (Lipinski definition) is 3. The summed E-state index contributed by atoms with van der Waals surface area (Å²) < 4.78 is 0. The van der Waals surface area contributed by atoms with E-state index in [9.17, 15) is 5.11 Å². The van der Waals surface area contributed by atoms with Crippen LogP contribution < -0.4 is 5.32 Å². The summed E-state index contributed by atoms with van der Waals surface area (Å²) >= 11 is 0. The number of nitrogens with zero attached hydrogens (tertiary/aromatic N) is 1. The zero-order valence-electron chi connectivity index (χ0n) is 11.6. The fourth-order valence-electron chi connectivity index (χ4n) is 3.75. The van der Waals surface area contributed by atoms with Crippen LogP contribution in [0.1, 0.15) is 30.4 Å². The Morgan fingerprint density at radius 3 is 2.74 bits per heavy atom. The normalized spacial score (nSPS) is 28.7. The monoisotopic (exact) mass is 260 g/mol. The second kappa shape index (κ2) is 5.61. The van der Waals surface area contributed by atoms with E-state index in [0.29, 0.717) is 0 Å². The van der Waals surface area contributed by atoms with Crippen LogP contribution in [0.4, 0.5) is 0 Å². The van der Waals surface area contributed by atoms with Crippen molar-refractivity contribution in [2.24, 2.45) is 0 Å². The first-order valence-corrected chi connectivity index (χ1v) is 7.52. The molecule has 1 atom stereocenters. The molecule has 1 aliphatic heterocycles. The van der Waals surface area contributed by atoms with Crippen molar-refractivity contribution in [3.63, 3.8) is 0 Å². The van der Waals surface area contributed by atoms with Gasteiger partial charge in [0.15, 0.2) is 0 Å². The van der Waals surface area contributed by atoms with Gasteiger partial charge in [0, 0.05) is 26.2 Å². The topological polar surface area (TPSA) is 35.5 Å². The molecule has 0 spiro atoms. The van der Waals surface area contributed by atoms with Crippen molar-refractivity contribution in [1.29, 1.82) is 0 Å². The highest BCUT2D eigenvalue weighted by Gasteiger charge is 2.40. The maximum absolute atomic E-state index is 10.2. The summed E-state index contributed by atoms with van der Waals surface area (Å²) in [6.45, 7) is 4.38. The molecule has 1 fully saturated rings. The van der Waals surface area contributed by atoms with Gasteiger partial charge in [-0.25, -0.2) is 0 Å². The van der Waals surface area contributed by atoms with E-state index in [0.717, 1.165) is 39.0 Å². The number of piperazine rings is 1. The first kappa shape index (κ1) is 13.1. The lowest BCUT2D eigenvalue weighted by Crippen LogP contribution is -2.56. The summed E-state index contributed by atoms with van der Waals surface area (Å²) in [6, 6.07) is 8.73. The standard InChI is InChI=1S/C16H24N2O/c19-13-16(18-11-9-17-10-12-18)8-4-3-6-14-5-1-2-7-15(14)16/h1-2,5,7,17,19H,3-4,6,8-13H2. The van der Waals surface area contributed by atoms with Crippen molar-refractivity contribution in [2.75, 3.05) is 32.8 Å². The predicted octanol–water partition coefficient (Wildman–Crippen LogP) is 1.51. The second-order valence-corrected chi connectivity index (χ2v) is 5.79.